The number of rotatable bonds is 12. The van der Waals surface area contributed by atoms with E-state index in [1.165, 1.54) is 6.07 Å². The van der Waals surface area contributed by atoms with E-state index in [1.54, 1.807) is 19.2 Å². The van der Waals surface area contributed by atoms with Crippen molar-refractivity contribution in [2.45, 2.75) is 45.4 Å². The summed E-state index contributed by atoms with van der Waals surface area (Å²) >= 11 is 0. The fourth-order valence-corrected chi connectivity index (χ4v) is 3.12. The third-order valence-corrected chi connectivity index (χ3v) is 4.79. The van der Waals surface area contributed by atoms with E-state index in [1.807, 2.05) is 13.8 Å². The Hall–Kier alpha value is -2.35. The second-order valence-electron chi connectivity index (χ2n) is 7.31. The fraction of sp³-hybridized carbons (Fsp3) is 0.650. The van der Waals surface area contributed by atoms with Crippen LogP contribution < -0.4 is 4.74 Å². The van der Waals surface area contributed by atoms with Crippen molar-refractivity contribution in [2.75, 3.05) is 26.9 Å². The van der Waals surface area contributed by atoms with Crippen molar-refractivity contribution in [1.29, 1.82) is 0 Å². The molecule has 2 rings (SSSR count). The molecule has 0 amide bonds. The molecule has 160 valence electrons. The van der Waals surface area contributed by atoms with Crippen molar-refractivity contribution in [2.24, 2.45) is 17.0 Å². The van der Waals surface area contributed by atoms with E-state index in [4.69, 9.17) is 24.5 Å². The van der Waals surface area contributed by atoms with Gasteiger partial charge in [0.2, 0.25) is 0 Å². The maximum atomic E-state index is 13.9. The first-order valence-electron chi connectivity index (χ1n) is 9.68. The summed E-state index contributed by atoms with van der Waals surface area (Å²) in [6, 6.07) is 3.89. The molecule has 0 aliphatic carbocycles. The molecule has 1 heterocycles. The molecule has 1 aliphatic heterocycles. The summed E-state index contributed by atoms with van der Waals surface area (Å²) in [5.41, 5.74) is 9.56. The molecule has 9 heteroatoms. The molecule has 3 atom stereocenters. The Morgan fingerprint density at radius 3 is 2.83 bits per heavy atom. The smallest absolute Gasteiger partial charge is 0.309 e. The van der Waals surface area contributed by atoms with Crippen LogP contribution in [0.1, 0.15) is 32.3 Å². The Morgan fingerprint density at radius 1 is 1.38 bits per heavy atom. The number of methoxy groups -OCH3 is 1. The number of esters is 1. The summed E-state index contributed by atoms with van der Waals surface area (Å²) < 4.78 is 35.3. The standard InChI is InChI=1S/C20H28FN3O5/c1-13(2)15-10-19(29-20(15)25)17(23-24-22)12-27-11-14-5-6-16(21)18(9-14)28-8-4-7-26-3/h5-6,9,13,15,17,19H,4,7-8,10-12H2,1-3H3/t15-,17-,19?/m0/s1. The Kier molecular flexibility index (Phi) is 9.18. The summed E-state index contributed by atoms with van der Waals surface area (Å²) in [5, 5.41) is 3.74. The van der Waals surface area contributed by atoms with Crippen molar-refractivity contribution < 1.29 is 28.1 Å². The van der Waals surface area contributed by atoms with E-state index in [0.29, 0.717) is 26.1 Å². The van der Waals surface area contributed by atoms with Crippen molar-refractivity contribution in [3.8, 4) is 5.75 Å². The van der Waals surface area contributed by atoms with Gasteiger partial charge in [0.25, 0.3) is 0 Å². The summed E-state index contributed by atoms with van der Waals surface area (Å²) in [6.07, 6.45) is 0.653. The molecule has 0 spiro atoms. The second-order valence-corrected chi connectivity index (χ2v) is 7.31. The number of carbonyl (C=O) groups is 1. The van der Waals surface area contributed by atoms with Gasteiger partial charge in [-0.05, 0) is 35.6 Å². The van der Waals surface area contributed by atoms with E-state index >= 15 is 0 Å². The van der Waals surface area contributed by atoms with E-state index in [0.717, 1.165) is 5.56 Å². The molecular formula is C20H28FN3O5. The topological polar surface area (TPSA) is 103 Å². The van der Waals surface area contributed by atoms with Crippen LogP contribution in [0, 0.1) is 17.7 Å². The number of cyclic esters (lactones) is 1. The Morgan fingerprint density at radius 2 is 2.17 bits per heavy atom. The first-order chi connectivity index (χ1) is 14.0. The van der Waals surface area contributed by atoms with E-state index in [9.17, 15) is 9.18 Å². The number of hydrogen-bond acceptors (Lipinski definition) is 6. The van der Waals surface area contributed by atoms with Crippen LogP contribution in [0.5, 0.6) is 5.75 Å². The zero-order valence-electron chi connectivity index (χ0n) is 17.0. The molecular weight excluding hydrogens is 381 g/mol. The maximum Gasteiger partial charge on any atom is 0.309 e. The highest BCUT2D eigenvalue weighted by Crippen LogP contribution is 2.30. The molecule has 0 aromatic heterocycles. The number of benzene rings is 1. The molecule has 1 aromatic carbocycles. The van der Waals surface area contributed by atoms with Crippen LogP contribution >= 0.6 is 0 Å². The van der Waals surface area contributed by atoms with Gasteiger partial charge in [-0.25, -0.2) is 4.39 Å². The summed E-state index contributed by atoms with van der Waals surface area (Å²) in [6.45, 7) is 5.06. The van der Waals surface area contributed by atoms with Crippen LogP contribution in [0.4, 0.5) is 4.39 Å². The molecule has 1 fully saturated rings. The molecule has 0 radical (unpaired) electrons. The Labute approximate surface area is 169 Å². The second kappa shape index (κ2) is 11.6. The van der Waals surface area contributed by atoms with Gasteiger partial charge in [-0.15, -0.1) is 0 Å². The van der Waals surface area contributed by atoms with Gasteiger partial charge in [0.1, 0.15) is 6.10 Å². The van der Waals surface area contributed by atoms with Gasteiger partial charge in [-0.3, -0.25) is 4.79 Å². The molecule has 1 saturated heterocycles. The molecule has 0 N–H and O–H groups in total. The first kappa shape index (κ1) is 22.9. The predicted octanol–water partition coefficient (Wildman–Crippen LogP) is 4.02. The van der Waals surface area contributed by atoms with Gasteiger partial charge in [-0.1, -0.05) is 25.0 Å². The van der Waals surface area contributed by atoms with E-state index in [-0.39, 0.29) is 36.8 Å². The van der Waals surface area contributed by atoms with Crippen LogP contribution in [0.3, 0.4) is 0 Å². The SMILES string of the molecule is COCCCOc1cc(COC[C@H](N=[N+]=[N-])C2C[C@@H](C(C)C)C(=O)O2)ccc1F. The van der Waals surface area contributed by atoms with Gasteiger partial charge in [0.15, 0.2) is 11.6 Å². The lowest BCUT2D eigenvalue weighted by Gasteiger charge is -2.18. The van der Waals surface area contributed by atoms with Crippen LogP contribution in [-0.4, -0.2) is 45.0 Å². The average Bonchev–Trinajstić information content (AvgIpc) is 3.08. The molecule has 29 heavy (non-hydrogen) atoms. The fourth-order valence-electron chi connectivity index (χ4n) is 3.12. The largest absolute Gasteiger partial charge is 0.490 e. The molecule has 1 aromatic rings. The maximum absolute atomic E-state index is 13.9. The summed E-state index contributed by atoms with van der Waals surface area (Å²) in [7, 11) is 1.59. The van der Waals surface area contributed by atoms with Gasteiger partial charge < -0.3 is 18.9 Å². The molecule has 0 bridgehead atoms. The third kappa shape index (κ3) is 6.88. The molecule has 0 saturated carbocycles. The number of nitrogens with zero attached hydrogens (tertiary/aromatic N) is 3. The van der Waals surface area contributed by atoms with E-state index < -0.39 is 18.0 Å². The zero-order valence-corrected chi connectivity index (χ0v) is 17.0. The Bertz CT molecular complexity index is 724. The zero-order chi connectivity index (χ0) is 21.2. The van der Waals surface area contributed by atoms with Crippen LogP contribution in [0.15, 0.2) is 23.3 Å². The number of azide groups is 1. The number of ether oxygens (including phenoxy) is 4. The molecule has 1 aliphatic rings. The number of carbonyl (C=O) groups excluding carboxylic acids is 1. The lowest BCUT2D eigenvalue weighted by atomic mass is 9.91. The normalized spacial score (nSPS) is 19.7. The molecule has 1 unspecified atom stereocenters. The minimum absolute atomic E-state index is 0.0915. The summed E-state index contributed by atoms with van der Waals surface area (Å²) in [5.74, 6) is -0.612. The number of hydrogen-bond donors (Lipinski definition) is 0. The highest BCUT2D eigenvalue weighted by atomic mass is 19.1. The Balaban J connectivity index is 1.89. The lowest BCUT2D eigenvalue weighted by Crippen LogP contribution is -2.28. The van der Waals surface area contributed by atoms with Crippen molar-refractivity contribution in [1.82, 2.24) is 0 Å². The minimum atomic E-state index is -0.613. The predicted molar refractivity (Wildman–Crippen MR) is 104 cm³/mol. The highest BCUT2D eigenvalue weighted by Gasteiger charge is 2.40. The van der Waals surface area contributed by atoms with E-state index in [2.05, 4.69) is 10.0 Å². The van der Waals surface area contributed by atoms with Gasteiger partial charge in [-0.2, -0.15) is 0 Å². The van der Waals surface area contributed by atoms with Crippen LogP contribution in [-0.2, 0) is 25.6 Å². The molecule has 8 nitrogen and oxygen atoms in total. The minimum Gasteiger partial charge on any atom is -0.490 e. The number of halogens is 1. The lowest BCUT2D eigenvalue weighted by molar-refractivity contribution is -0.146. The highest BCUT2D eigenvalue weighted by molar-refractivity contribution is 5.75. The average molecular weight is 409 g/mol. The monoisotopic (exact) mass is 409 g/mol. The van der Waals surface area contributed by atoms with Crippen molar-refractivity contribution in [3.63, 3.8) is 0 Å². The quantitative estimate of drug-likeness (QED) is 0.170. The first-order valence-corrected chi connectivity index (χ1v) is 9.68. The van der Waals surface area contributed by atoms with Gasteiger partial charge in [0.05, 0.1) is 31.8 Å². The van der Waals surface area contributed by atoms with Gasteiger partial charge >= 0.3 is 5.97 Å². The van der Waals surface area contributed by atoms with Gasteiger partial charge in [0, 0.05) is 25.0 Å². The summed E-state index contributed by atoms with van der Waals surface area (Å²) in [4.78, 5) is 14.8. The van der Waals surface area contributed by atoms with Crippen LogP contribution in [0.25, 0.3) is 10.4 Å². The third-order valence-electron chi connectivity index (χ3n) is 4.79. The van der Waals surface area contributed by atoms with Crippen molar-refractivity contribution >= 4 is 5.97 Å². The van der Waals surface area contributed by atoms with Crippen molar-refractivity contribution in [3.05, 3.63) is 40.0 Å². The van der Waals surface area contributed by atoms with Crippen LogP contribution in [0.2, 0.25) is 0 Å².